The number of nitro benzene ring substituents is 1. The molecule has 9 nitrogen and oxygen atoms in total. The van der Waals surface area contributed by atoms with Crippen LogP contribution in [-0.4, -0.2) is 82.8 Å². The lowest BCUT2D eigenvalue weighted by Crippen LogP contribution is -2.48. The number of non-ortho nitro benzene ring substituents is 1. The van der Waals surface area contributed by atoms with Crippen LogP contribution >= 0.6 is 0 Å². The first-order chi connectivity index (χ1) is 20.4. The molecule has 0 aliphatic carbocycles. The van der Waals surface area contributed by atoms with Gasteiger partial charge in [-0.3, -0.25) is 24.6 Å². The summed E-state index contributed by atoms with van der Waals surface area (Å²) in [4.78, 5) is 44.7. The fourth-order valence-corrected chi connectivity index (χ4v) is 5.94. The molecule has 0 spiro atoms. The molecular formula is C33H39N5O4. The van der Waals surface area contributed by atoms with E-state index in [4.69, 9.17) is 0 Å². The van der Waals surface area contributed by atoms with Crippen LogP contribution in [0.25, 0.3) is 0 Å². The van der Waals surface area contributed by atoms with Gasteiger partial charge < -0.3 is 15.1 Å². The molecule has 0 bridgehead atoms. The van der Waals surface area contributed by atoms with Crippen molar-refractivity contribution in [3.63, 3.8) is 0 Å². The maximum atomic E-state index is 14.0. The molecule has 42 heavy (non-hydrogen) atoms. The van der Waals surface area contributed by atoms with E-state index < -0.39 is 11.0 Å². The molecule has 3 aromatic rings. The number of carbonyl (C=O) groups is 2. The van der Waals surface area contributed by atoms with E-state index in [0.29, 0.717) is 38.2 Å². The van der Waals surface area contributed by atoms with E-state index in [2.05, 4.69) is 22.3 Å². The molecule has 0 saturated carbocycles. The van der Waals surface area contributed by atoms with Crippen LogP contribution in [0.15, 0.2) is 78.9 Å². The maximum Gasteiger partial charge on any atom is 0.269 e. The van der Waals surface area contributed by atoms with Crippen molar-refractivity contribution in [1.82, 2.24) is 20.0 Å². The summed E-state index contributed by atoms with van der Waals surface area (Å²) in [7, 11) is 0. The highest BCUT2D eigenvalue weighted by atomic mass is 16.6. The molecule has 5 rings (SSSR count). The Bertz CT molecular complexity index is 1360. The first kappa shape index (κ1) is 29.4. The number of rotatable bonds is 9. The van der Waals surface area contributed by atoms with Crippen LogP contribution in [0.5, 0.6) is 0 Å². The fraction of sp³-hybridized carbons (Fsp3) is 0.394. The maximum absolute atomic E-state index is 14.0. The summed E-state index contributed by atoms with van der Waals surface area (Å²) in [5.41, 5.74) is 3.89. The summed E-state index contributed by atoms with van der Waals surface area (Å²) in [6.45, 7) is 6.67. The van der Waals surface area contributed by atoms with Gasteiger partial charge in [-0.25, -0.2) is 0 Å². The van der Waals surface area contributed by atoms with Crippen LogP contribution < -0.4 is 5.32 Å². The third-order valence-electron chi connectivity index (χ3n) is 8.35. The standard InChI is InChI=1S/C33H39N5O4/c1-25-8-12-28(13-9-25)32(39)37-24-30(22-31(37)33(40)35-19-5-17-34-18-21-35)36(20-16-26-6-3-2-4-7-26)23-27-10-14-29(15-11-27)38(41)42/h2-4,6-15,30-31,34H,5,16-24H2,1H3. The van der Waals surface area contributed by atoms with Crippen molar-refractivity contribution >= 4 is 17.5 Å². The smallest absolute Gasteiger partial charge is 0.269 e. The van der Waals surface area contributed by atoms with Crippen LogP contribution in [0.2, 0.25) is 0 Å². The van der Waals surface area contributed by atoms with Gasteiger partial charge in [0.05, 0.1) is 4.92 Å². The van der Waals surface area contributed by atoms with Crippen molar-refractivity contribution < 1.29 is 14.5 Å². The van der Waals surface area contributed by atoms with E-state index in [1.54, 1.807) is 17.0 Å². The molecule has 0 radical (unpaired) electrons. The largest absolute Gasteiger partial charge is 0.340 e. The van der Waals surface area contributed by atoms with E-state index in [0.717, 1.165) is 43.6 Å². The molecular weight excluding hydrogens is 530 g/mol. The van der Waals surface area contributed by atoms with Gasteiger partial charge in [0.15, 0.2) is 0 Å². The zero-order valence-corrected chi connectivity index (χ0v) is 24.2. The summed E-state index contributed by atoms with van der Waals surface area (Å²) < 4.78 is 0. The quantitative estimate of drug-likeness (QED) is 0.308. The van der Waals surface area contributed by atoms with Crippen molar-refractivity contribution in [1.29, 1.82) is 0 Å². The highest BCUT2D eigenvalue weighted by molar-refractivity contribution is 5.98. The SMILES string of the molecule is Cc1ccc(C(=O)N2CC(N(CCc3ccccc3)Cc3ccc([N+](=O)[O-])cc3)CC2C(=O)N2CCCNCC2)cc1. The molecule has 2 amide bonds. The lowest BCUT2D eigenvalue weighted by Gasteiger charge is -2.29. The third kappa shape index (κ3) is 7.21. The molecule has 9 heteroatoms. The second-order valence-corrected chi connectivity index (χ2v) is 11.3. The minimum Gasteiger partial charge on any atom is -0.340 e. The Morgan fingerprint density at radius 2 is 1.69 bits per heavy atom. The Morgan fingerprint density at radius 3 is 2.40 bits per heavy atom. The first-order valence-electron chi connectivity index (χ1n) is 14.8. The van der Waals surface area contributed by atoms with Crippen LogP contribution in [0.4, 0.5) is 5.69 Å². The van der Waals surface area contributed by atoms with Gasteiger partial charge in [-0.15, -0.1) is 0 Å². The normalized spacial score (nSPS) is 19.1. The molecule has 0 aromatic heterocycles. The molecule has 2 atom stereocenters. The van der Waals surface area contributed by atoms with Gasteiger partial charge in [-0.1, -0.05) is 60.2 Å². The van der Waals surface area contributed by atoms with E-state index in [1.807, 2.05) is 54.3 Å². The van der Waals surface area contributed by atoms with Crippen molar-refractivity contribution in [2.75, 3.05) is 39.3 Å². The molecule has 2 unspecified atom stereocenters. The van der Waals surface area contributed by atoms with E-state index in [1.165, 1.54) is 17.7 Å². The van der Waals surface area contributed by atoms with Gasteiger partial charge in [0, 0.05) is 63.0 Å². The van der Waals surface area contributed by atoms with E-state index in [-0.39, 0.29) is 23.5 Å². The molecule has 3 aromatic carbocycles. The second kappa shape index (κ2) is 13.7. The third-order valence-corrected chi connectivity index (χ3v) is 8.35. The Kier molecular flexibility index (Phi) is 9.61. The van der Waals surface area contributed by atoms with Gasteiger partial charge in [0.1, 0.15) is 6.04 Å². The predicted molar refractivity (Wildman–Crippen MR) is 162 cm³/mol. The van der Waals surface area contributed by atoms with E-state index >= 15 is 0 Å². The molecule has 2 fully saturated rings. The molecule has 220 valence electrons. The fourth-order valence-electron chi connectivity index (χ4n) is 5.94. The summed E-state index contributed by atoms with van der Waals surface area (Å²) in [6, 6.07) is 23.9. The number of likely N-dealkylation sites (tertiary alicyclic amines) is 1. The monoisotopic (exact) mass is 569 g/mol. The summed E-state index contributed by atoms with van der Waals surface area (Å²) in [5.74, 6) is -0.109. The number of amides is 2. The summed E-state index contributed by atoms with van der Waals surface area (Å²) in [6.07, 6.45) is 2.24. The van der Waals surface area contributed by atoms with Gasteiger partial charge in [0.2, 0.25) is 5.91 Å². The van der Waals surface area contributed by atoms with Crippen LogP contribution in [0.1, 0.15) is 39.9 Å². The minimum absolute atomic E-state index is 0.0139. The number of benzene rings is 3. The second-order valence-electron chi connectivity index (χ2n) is 11.3. The highest BCUT2D eigenvalue weighted by Crippen LogP contribution is 2.28. The van der Waals surface area contributed by atoms with Crippen LogP contribution in [0, 0.1) is 17.0 Å². The van der Waals surface area contributed by atoms with Crippen LogP contribution in [0.3, 0.4) is 0 Å². The number of aryl methyl sites for hydroxylation is 1. The summed E-state index contributed by atoms with van der Waals surface area (Å²) >= 11 is 0. The summed E-state index contributed by atoms with van der Waals surface area (Å²) in [5, 5.41) is 14.6. The predicted octanol–water partition coefficient (Wildman–Crippen LogP) is 4.05. The van der Waals surface area contributed by atoms with E-state index in [9.17, 15) is 19.7 Å². The number of nitrogens with zero attached hydrogens (tertiary/aromatic N) is 4. The number of nitrogens with one attached hydrogen (secondary N) is 1. The van der Waals surface area contributed by atoms with Gasteiger partial charge in [0.25, 0.3) is 11.6 Å². The molecule has 2 aliphatic heterocycles. The lowest BCUT2D eigenvalue weighted by atomic mass is 10.1. The Labute approximate surface area is 247 Å². The molecule has 2 heterocycles. The van der Waals surface area contributed by atoms with Crippen molar-refractivity contribution in [3.05, 3.63) is 111 Å². The number of hydrogen-bond donors (Lipinski definition) is 1. The zero-order chi connectivity index (χ0) is 29.5. The van der Waals surface area contributed by atoms with Gasteiger partial charge in [-0.05, 0) is 56.0 Å². The van der Waals surface area contributed by atoms with Crippen molar-refractivity contribution in [2.24, 2.45) is 0 Å². The molecule has 2 saturated heterocycles. The highest BCUT2D eigenvalue weighted by Gasteiger charge is 2.43. The minimum atomic E-state index is -0.544. The average Bonchev–Trinajstić information content (AvgIpc) is 3.27. The number of hydrogen-bond acceptors (Lipinski definition) is 6. The average molecular weight is 570 g/mol. The Morgan fingerprint density at radius 1 is 0.952 bits per heavy atom. The number of nitro groups is 1. The number of carbonyl (C=O) groups excluding carboxylic acids is 2. The first-order valence-corrected chi connectivity index (χ1v) is 14.8. The zero-order valence-electron chi connectivity index (χ0n) is 24.2. The van der Waals surface area contributed by atoms with Crippen molar-refractivity contribution in [3.8, 4) is 0 Å². The Balaban J connectivity index is 1.42. The van der Waals surface area contributed by atoms with Gasteiger partial charge in [-0.2, -0.15) is 0 Å². The van der Waals surface area contributed by atoms with Crippen molar-refractivity contribution in [2.45, 2.75) is 44.8 Å². The Hall–Kier alpha value is -4.08. The van der Waals surface area contributed by atoms with Gasteiger partial charge >= 0.3 is 0 Å². The molecule has 2 aliphatic rings. The molecule has 1 N–H and O–H groups in total. The van der Waals surface area contributed by atoms with Crippen LogP contribution in [-0.2, 0) is 17.8 Å². The lowest BCUT2D eigenvalue weighted by molar-refractivity contribution is -0.384. The topological polar surface area (TPSA) is 99.0 Å².